The predicted octanol–water partition coefficient (Wildman–Crippen LogP) is 4.12. The molecule has 0 radical (unpaired) electrons. The second-order valence-electron chi connectivity index (χ2n) is 8.86. The molecule has 1 aromatic carbocycles. The van der Waals surface area contributed by atoms with Crippen molar-refractivity contribution in [1.29, 1.82) is 0 Å². The number of fused-ring (bicyclic) bond motifs is 6. The maximum atomic E-state index is 13.2. The molecule has 2 amide bonds. The van der Waals surface area contributed by atoms with Gasteiger partial charge in [-0.25, -0.2) is 4.79 Å². The second kappa shape index (κ2) is 7.43. The number of piperidine rings is 3. The minimum Gasteiger partial charge on any atom is -0.497 e. The Hall–Kier alpha value is -2.01. The summed E-state index contributed by atoms with van der Waals surface area (Å²) in [5, 5.41) is 3.12. The molecule has 5 rings (SSSR count). The maximum absolute atomic E-state index is 13.2. The van der Waals surface area contributed by atoms with E-state index in [2.05, 4.69) is 21.2 Å². The largest absolute Gasteiger partial charge is 0.497 e. The molecule has 3 fully saturated rings. The van der Waals surface area contributed by atoms with Crippen molar-refractivity contribution in [2.75, 3.05) is 32.1 Å². The molecule has 28 heavy (non-hydrogen) atoms. The van der Waals surface area contributed by atoms with Gasteiger partial charge in [0.05, 0.1) is 13.2 Å². The minimum atomic E-state index is 0.0417. The van der Waals surface area contributed by atoms with Gasteiger partial charge in [-0.1, -0.05) is 18.1 Å². The van der Waals surface area contributed by atoms with Crippen molar-refractivity contribution in [1.82, 2.24) is 9.80 Å². The molecule has 5 nitrogen and oxygen atoms in total. The summed E-state index contributed by atoms with van der Waals surface area (Å²) < 4.78 is 5.21. The number of ether oxygens (including phenoxy) is 1. The normalized spacial score (nSPS) is 32.0. The number of anilines is 1. The van der Waals surface area contributed by atoms with Crippen molar-refractivity contribution >= 4 is 11.7 Å². The van der Waals surface area contributed by atoms with Crippen LogP contribution in [0, 0.1) is 11.8 Å². The molecule has 3 aliphatic heterocycles. The molecule has 4 aliphatic rings. The summed E-state index contributed by atoms with van der Waals surface area (Å²) in [5.41, 5.74) is 2.36. The molecule has 3 saturated heterocycles. The van der Waals surface area contributed by atoms with Gasteiger partial charge < -0.3 is 15.0 Å². The van der Waals surface area contributed by atoms with Crippen LogP contribution in [0.1, 0.15) is 38.5 Å². The zero-order valence-electron chi connectivity index (χ0n) is 16.8. The first-order valence-electron chi connectivity index (χ1n) is 10.9. The summed E-state index contributed by atoms with van der Waals surface area (Å²) in [7, 11) is 1.66. The molecule has 1 aliphatic carbocycles. The fourth-order valence-corrected chi connectivity index (χ4v) is 6.07. The summed E-state index contributed by atoms with van der Waals surface area (Å²) in [4.78, 5) is 18.0. The van der Waals surface area contributed by atoms with Crippen LogP contribution in [0.2, 0.25) is 0 Å². The SMILES string of the molecule is COc1ccc(NC(=O)N2CCCC3=C[C@@H]4C[C@H](CN5CCCC[C@@H]45)[C@H]32)cc1. The monoisotopic (exact) mass is 381 g/mol. The lowest BCUT2D eigenvalue weighted by molar-refractivity contribution is 0.00908. The van der Waals surface area contributed by atoms with Gasteiger partial charge in [0.25, 0.3) is 0 Å². The molecule has 0 unspecified atom stereocenters. The number of hydrogen-bond donors (Lipinski definition) is 1. The van der Waals surface area contributed by atoms with Crippen LogP contribution in [0.15, 0.2) is 35.9 Å². The van der Waals surface area contributed by atoms with Crippen LogP contribution >= 0.6 is 0 Å². The molecule has 1 N–H and O–H groups in total. The molecular formula is C23H31N3O2. The third kappa shape index (κ3) is 3.20. The third-order valence-electron chi connectivity index (χ3n) is 7.26. The number of amides is 2. The molecular weight excluding hydrogens is 350 g/mol. The number of rotatable bonds is 2. The zero-order valence-corrected chi connectivity index (χ0v) is 16.8. The maximum Gasteiger partial charge on any atom is 0.322 e. The Morgan fingerprint density at radius 2 is 2.00 bits per heavy atom. The Labute approximate surface area is 167 Å². The summed E-state index contributed by atoms with van der Waals surface area (Å²) in [5.74, 6) is 2.09. The van der Waals surface area contributed by atoms with E-state index in [-0.39, 0.29) is 12.1 Å². The van der Waals surface area contributed by atoms with Crippen LogP contribution < -0.4 is 10.1 Å². The topological polar surface area (TPSA) is 44.8 Å². The number of hydrogen-bond acceptors (Lipinski definition) is 3. The van der Waals surface area contributed by atoms with E-state index in [1.54, 1.807) is 7.11 Å². The standard InChI is InChI=1S/C23H31N3O2/c1-28-20-9-7-19(8-10-20)24-23(27)26-12-4-5-16-13-17-14-18(22(16)26)15-25-11-3-2-6-21(17)25/h7-10,13,17-18,21-22H,2-6,11-12,14-15H2,1H3,(H,24,27)/t17-,18-,21+,22+/m1/s1. The van der Waals surface area contributed by atoms with Crippen LogP contribution in [0.5, 0.6) is 5.75 Å². The van der Waals surface area contributed by atoms with Gasteiger partial charge in [0.1, 0.15) is 5.75 Å². The smallest absolute Gasteiger partial charge is 0.322 e. The summed E-state index contributed by atoms with van der Waals surface area (Å²) in [6.45, 7) is 3.26. The first-order valence-corrected chi connectivity index (χ1v) is 10.9. The number of carbonyl (C=O) groups is 1. The Morgan fingerprint density at radius 1 is 1.14 bits per heavy atom. The Balaban J connectivity index is 1.35. The zero-order chi connectivity index (χ0) is 19.1. The predicted molar refractivity (Wildman–Crippen MR) is 111 cm³/mol. The van der Waals surface area contributed by atoms with Gasteiger partial charge in [0.15, 0.2) is 0 Å². The highest BCUT2D eigenvalue weighted by Crippen LogP contribution is 2.45. The molecule has 0 aromatic heterocycles. The summed E-state index contributed by atoms with van der Waals surface area (Å²) >= 11 is 0. The minimum absolute atomic E-state index is 0.0417. The molecule has 150 valence electrons. The number of methoxy groups -OCH3 is 1. The second-order valence-corrected chi connectivity index (χ2v) is 8.86. The van der Waals surface area contributed by atoms with E-state index in [1.807, 2.05) is 24.3 Å². The lowest BCUT2D eigenvalue weighted by Crippen LogP contribution is -2.60. The first-order chi connectivity index (χ1) is 13.7. The fourth-order valence-electron chi connectivity index (χ4n) is 6.07. The van der Waals surface area contributed by atoms with Crippen LogP contribution in [0.4, 0.5) is 10.5 Å². The number of nitrogens with one attached hydrogen (secondary N) is 1. The number of benzene rings is 1. The van der Waals surface area contributed by atoms with E-state index in [0.29, 0.717) is 11.8 Å². The van der Waals surface area contributed by atoms with Crippen molar-refractivity contribution in [3.63, 3.8) is 0 Å². The van der Waals surface area contributed by atoms with Gasteiger partial charge in [0, 0.05) is 24.8 Å². The van der Waals surface area contributed by atoms with Crippen LogP contribution in [-0.2, 0) is 0 Å². The van der Waals surface area contributed by atoms with Gasteiger partial charge in [0.2, 0.25) is 0 Å². The molecule has 0 spiro atoms. The van der Waals surface area contributed by atoms with E-state index < -0.39 is 0 Å². The van der Waals surface area contributed by atoms with E-state index in [0.717, 1.165) is 43.4 Å². The quantitative estimate of drug-likeness (QED) is 0.784. The molecule has 3 heterocycles. The third-order valence-corrected chi connectivity index (χ3v) is 7.26. The van der Waals surface area contributed by atoms with Gasteiger partial charge in [-0.2, -0.15) is 0 Å². The van der Waals surface area contributed by atoms with E-state index >= 15 is 0 Å². The highest BCUT2D eigenvalue weighted by molar-refractivity contribution is 5.90. The number of urea groups is 1. The molecule has 4 atom stereocenters. The lowest BCUT2D eigenvalue weighted by atomic mass is 9.68. The first kappa shape index (κ1) is 18.0. The summed E-state index contributed by atoms with van der Waals surface area (Å²) in [6, 6.07) is 8.67. The lowest BCUT2D eigenvalue weighted by Gasteiger charge is -2.54. The van der Waals surface area contributed by atoms with Crippen molar-refractivity contribution in [3.8, 4) is 5.75 Å². The van der Waals surface area contributed by atoms with Crippen molar-refractivity contribution in [2.24, 2.45) is 11.8 Å². The Bertz CT molecular complexity index is 760. The van der Waals surface area contributed by atoms with Gasteiger partial charge >= 0.3 is 6.03 Å². The highest BCUT2D eigenvalue weighted by Gasteiger charge is 2.46. The van der Waals surface area contributed by atoms with Gasteiger partial charge in [-0.3, -0.25) is 4.90 Å². The molecule has 5 heteroatoms. The van der Waals surface area contributed by atoms with Crippen LogP contribution in [-0.4, -0.2) is 54.7 Å². The summed E-state index contributed by atoms with van der Waals surface area (Å²) in [6.07, 6.45) is 10.1. The van der Waals surface area contributed by atoms with Crippen molar-refractivity contribution in [3.05, 3.63) is 35.9 Å². The van der Waals surface area contributed by atoms with Crippen LogP contribution in [0.25, 0.3) is 0 Å². The Morgan fingerprint density at radius 3 is 2.82 bits per heavy atom. The number of nitrogens with zero attached hydrogens (tertiary/aromatic N) is 2. The molecule has 2 bridgehead atoms. The number of carbonyl (C=O) groups excluding carboxylic acids is 1. The van der Waals surface area contributed by atoms with Gasteiger partial charge in [-0.15, -0.1) is 0 Å². The van der Waals surface area contributed by atoms with Crippen molar-refractivity contribution in [2.45, 2.75) is 50.6 Å². The van der Waals surface area contributed by atoms with Crippen molar-refractivity contribution < 1.29 is 9.53 Å². The van der Waals surface area contributed by atoms with E-state index in [9.17, 15) is 4.79 Å². The Kier molecular flexibility index (Phi) is 4.79. The average molecular weight is 382 g/mol. The molecule has 0 saturated carbocycles. The highest BCUT2D eigenvalue weighted by atomic mass is 16.5. The van der Waals surface area contributed by atoms with Crippen LogP contribution in [0.3, 0.4) is 0 Å². The number of likely N-dealkylation sites (tertiary alicyclic amines) is 1. The van der Waals surface area contributed by atoms with E-state index in [4.69, 9.17) is 4.74 Å². The average Bonchev–Trinajstić information content (AvgIpc) is 2.74. The fraction of sp³-hybridized carbons (Fsp3) is 0.609. The van der Waals surface area contributed by atoms with E-state index in [1.165, 1.54) is 37.8 Å². The van der Waals surface area contributed by atoms with Gasteiger partial charge in [-0.05, 0) is 74.8 Å². The molecule has 1 aromatic rings.